The van der Waals surface area contributed by atoms with Gasteiger partial charge in [-0.05, 0) is 35.0 Å². The molecule has 0 amide bonds. The zero-order chi connectivity index (χ0) is 16.0. The average molecular weight is 318 g/mol. The second kappa shape index (κ2) is 7.09. The fraction of sp³-hybridized carbons (Fsp3) is 0. The van der Waals surface area contributed by atoms with Gasteiger partial charge in [-0.15, -0.1) is 0 Å². The first-order chi connectivity index (χ1) is 10.4. The quantitative estimate of drug-likeness (QED) is 0.627. The Bertz CT molecular complexity index is 714. The summed E-state index contributed by atoms with van der Waals surface area (Å²) in [5, 5.41) is 11.4. The lowest BCUT2D eigenvalue weighted by Gasteiger charge is -2.05. The van der Waals surface area contributed by atoms with Crippen LogP contribution in [-0.2, 0) is 4.57 Å². The van der Waals surface area contributed by atoms with Gasteiger partial charge in [-0.1, -0.05) is 48.5 Å². The van der Waals surface area contributed by atoms with Gasteiger partial charge in [0.25, 0.3) is 0 Å². The SMILES string of the molecule is O=P(O)(O)Oc1ccc(O)cc1.c1ccc2ccccc2c1. The molecule has 0 aliphatic carbocycles. The number of phenols is 1. The summed E-state index contributed by atoms with van der Waals surface area (Å²) < 4.78 is 14.5. The standard InChI is InChI=1S/C10H8.C6H7O5P/c1-2-6-10-8-4-3-7-9(10)5-1;7-5-1-3-6(4-2-5)11-12(8,9)10/h1-8H;1-4,7H,(H2,8,9,10). The maximum atomic E-state index is 10.3. The van der Waals surface area contributed by atoms with Gasteiger partial charge in [-0.3, -0.25) is 9.79 Å². The van der Waals surface area contributed by atoms with E-state index in [2.05, 4.69) is 53.1 Å². The van der Waals surface area contributed by atoms with Crippen LogP contribution in [0.3, 0.4) is 0 Å². The lowest BCUT2D eigenvalue weighted by atomic mass is 10.1. The van der Waals surface area contributed by atoms with Crippen LogP contribution < -0.4 is 4.52 Å². The third kappa shape index (κ3) is 5.22. The molecule has 22 heavy (non-hydrogen) atoms. The lowest BCUT2D eigenvalue weighted by Crippen LogP contribution is -1.88. The van der Waals surface area contributed by atoms with E-state index in [1.807, 2.05) is 0 Å². The zero-order valence-corrected chi connectivity index (χ0v) is 12.4. The fourth-order valence-electron chi connectivity index (χ4n) is 1.78. The first-order valence-electron chi connectivity index (χ1n) is 6.42. The molecule has 0 saturated heterocycles. The van der Waals surface area contributed by atoms with E-state index in [4.69, 9.17) is 14.9 Å². The molecule has 0 aliphatic heterocycles. The molecule has 114 valence electrons. The van der Waals surface area contributed by atoms with Crippen molar-refractivity contribution in [1.82, 2.24) is 0 Å². The van der Waals surface area contributed by atoms with Gasteiger partial charge < -0.3 is 9.63 Å². The Morgan fingerprint density at radius 2 is 1.14 bits per heavy atom. The topological polar surface area (TPSA) is 87.0 Å². The highest BCUT2D eigenvalue weighted by Crippen LogP contribution is 2.37. The van der Waals surface area contributed by atoms with Crippen molar-refractivity contribution in [3.05, 3.63) is 72.8 Å². The summed E-state index contributed by atoms with van der Waals surface area (Å²) in [5.41, 5.74) is 0. The Morgan fingerprint density at radius 3 is 1.50 bits per heavy atom. The molecule has 0 saturated carbocycles. The van der Waals surface area contributed by atoms with E-state index in [-0.39, 0.29) is 11.5 Å². The number of hydrogen-bond acceptors (Lipinski definition) is 3. The number of aromatic hydroxyl groups is 1. The molecule has 0 aromatic heterocycles. The third-order valence-corrected chi connectivity index (χ3v) is 3.17. The van der Waals surface area contributed by atoms with Crippen molar-refractivity contribution in [1.29, 1.82) is 0 Å². The van der Waals surface area contributed by atoms with Crippen molar-refractivity contribution in [2.24, 2.45) is 0 Å². The molecule has 0 spiro atoms. The number of benzene rings is 3. The monoisotopic (exact) mass is 318 g/mol. The Balaban J connectivity index is 0.000000162. The molecule has 5 nitrogen and oxygen atoms in total. The van der Waals surface area contributed by atoms with Crippen molar-refractivity contribution < 1.29 is 24.0 Å². The maximum Gasteiger partial charge on any atom is 0.524 e. The largest absolute Gasteiger partial charge is 0.524 e. The molecule has 3 N–H and O–H groups in total. The van der Waals surface area contributed by atoms with Crippen LogP contribution in [0.25, 0.3) is 10.8 Å². The van der Waals surface area contributed by atoms with Crippen LogP contribution in [0, 0.1) is 0 Å². The molecule has 0 heterocycles. The maximum absolute atomic E-state index is 10.3. The number of phosphoric acid groups is 1. The second-order valence-corrected chi connectivity index (χ2v) is 5.59. The summed E-state index contributed by atoms with van der Waals surface area (Å²) in [6.07, 6.45) is 0. The van der Waals surface area contributed by atoms with Crippen LogP contribution in [-0.4, -0.2) is 14.9 Å². The van der Waals surface area contributed by atoms with Gasteiger partial charge in [0.15, 0.2) is 0 Å². The average Bonchev–Trinajstić information content (AvgIpc) is 2.49. The molecular formula is C16H15O5P. The zero-order valence-electron chi connectivity index (χ0n) is 11.5. The van der Waals surface area contributed by atoms with Crippen molar-refractivity contribution in [2.75, 3.05) is 0 Å². The summed E-state index contributed by atoms with van der Waals surface area (Å²) in [6.45, 7) is 0. The second-order valence-electron chi connectivity index (χ2n) is 4.42. The van der Waals surface area contributed by atoms with Gasteiger partial charge in [0.1, 0.15) is 11.5 Å². The van der Waals surface area contributed by atoms with Gasteiger partial charge in [0.2, 0.25) is 0 Å². The van der Waals surface area contributed by atoms with Crippen LogP contribution >= 0.6 is 7.82 Å². The van der Waals surface area contributed by atoms with Crippen LogP contribution in [0.15, 0.2) is 72.8 Å². The predicted octanol–water partition coefficient (Wildman–Crippen LogP) is 3.70. The molecular weight excluding hydrogens is 303 g/mol. The molecule has 3 aromatic carbocycles. The van der Waals surface area contributed by atoms with E-state index < -0.39 is 7.82 Å². The molecule has 3 rings (SSSR count). The summed E-state index contributed by atoms with van der Waals surface area (Å²) in [4.78, 5) is 16.7. The highest BCUT2D eigenvalue weighted by Gasteiger charge is 2.15. The number of rotatable bonds is 2. The van der Waals surface area contributed by atoms with E-state index >= 15 is 0 Å². The minimum Gasteiger partial charge on any atom is -0.508 e. The Kier molecular flexibility index (Phi) is 5.17. The number of phenolic OH excluding ortho intramolecular Hbond substituents is 1. The highest BCUT2D eigenvalue weighted by molar-refractivity contribution is 7.46. The van der Waals surface area contributed by atoms with Crippen LogP contribution in [0.2, 0.25) is 0 Å². The Labute approximate surface area is 127 Å². The molecule has 0 unspecified atom stereocenters. The van der Waals surface area contributed by atoms with Crippen LogP contribution in [0.4, 0.5) is 0 Å². The third-order valence-electron chi connectivity index (χ3n) is 2.72. The minimum atomic E-state index is -4.48. The molecule has 0 atom stereocenters. The fourth-order valence-corrected chi connectivity index (χ4v) is 2.17. The summed E-state index contributed by atoms with van der Waals surface area (Å²) in [5.74, 6) is 0.0224. The van der Waals surface area contributed by atoms with Crippen molar-refractivity contribution in [2.45, 2.75) is 0 Å². The predicted molar refractivity (Wildman–Crippen MR) is 84.7 cm³/mol. The lowest BCUT2D eigenvalue weighted by molar-refractivity contribution is 0.283. The van der Waals surface area contributed by atoms with Gasteiger partial charge in [-0.25, -0.2) is 4.57 Å². The van der Waals surface area contributed by atoms with E-state index in [1.165, 1.54) is 35.0 Å². The molecule has 3 aromatic rings. The normalized spacial score (nSPS) is 10.6. The Morgan fingerprint density at radius 1 is 0.727 bits per heavy atom. The van der Waals surface area contributed by atoms with Gasteiger partial charge in [0.05, 0.1) is 0 Å². The smallest absolute Gasteiger partial charge is 0.508 e. The molecule has 0 fully saturated rings. The van der Waals surface area contributed by atoms with Gasteiger partial charge in [-0.2, -0.15) is 0 Å². The van der Waals surface area contributed by atoms with E-state index in [0.717, 1.165) is 0 Å². The van der Waals surface area contributed by atoms with Crippen molar-refractivity contribution >= 4 is 18.6 Å². The van der Waals surface area contributed by atoms with E-state index in [0.29, 0.717) is 0 Å². The van der Waals surface area contributed by atoms with Gasteiger partial charge in [0, 0.05) is 0 Å². The number of fused-ring (bicyclic) bond motifs is 1. The minimum absolute atomic E-state index is 0.00746. The summed E-state index contributed by atoms with van der Waals surface area (Å²) in [6, 6.07) is 21.8. The molecule has 0 aliphatic rings. The molecule has 0 radical (unpaired) electrons. The summed E-state index contributed by atoms with van der Waals surface area (Å²) >= 11 is 0. The Hall–Kier alpha value is -2.33. The first-order valence-corrected chi connectivity index (χ1v) is 7.95. The van der Waals surface area contributed by atoms with Crippen LogP contribution in [0.1, 0.15) is 0 Å². The summed E-state index contributed by atoms with van der Waals surface area (Å²) in [7, 11) is -4.48. The van der Waals surface area contributed by atoms with Crippen molar-refractivity contribution in [3.63, 3.8) is 0 Å². The van der Waals surface area contributed by atoms with Crippen LogP contribution in [0.5, 0.6) is 11.5 Å². The van der Waals surface area contributed by atoms with Crippen molar-refractivity contribution in [3.8, 4) is 11.5 Å². The highest BCUT2D eigenvalue weighted by atomic mass is 31.2. The first kappa shape index (κ1) is 16.0. The van der Waals surface area contributed by atoms with E-state index in [9.17, 15) is 4.57 Å². The van der Waals surface area contributed by atoms with Gasteiger partial charge >= 0.3 is 7.82 Å². The number of hydrogen-bond donors (Lipinski definition) is 3. The number of phosphoric ester groups is 1. The van der Waals surface area contributed by atoms with E-state index in [1.54, 1.807) is 0 Å². The molecule has 0 bridgehead atoms. The molecule has 6 heteroatoms.